The van der Waals surface area contributed by atoms with Crippen molar-refractivity contribution in [2.75, 3.05) is 5.32 Å². The van der Waals surface area contributed by atoms with Gasteiger partial charge in [-0.3, -0.25) is 4.79 Å². The number of carbonyl (C=O) groups excluding carboxylic acids is 1. The van der Waals surface area contributed by atoms with Crippen molar-refractivity contribution in [2.24, 2.45) is 0 Å². The van der Waals surface area contributed by atoms with Gasteiger partial charge in [-0.15, -0.1) is 0 Å². The predicted octanol–water partition coefficient (Wildman–Crippen LogP) is 2.13. The van der Waals surface area contributed by atoms with E-state index in [-0.39, 0.29) is 12.5 Å². The normalized spacial score (nSPS) is 10.1. The van der Waals surface area contributed by atoms with Gasteiger partial charge in [-0.1, -0.05) is 0 Å². The van der Waals surface area contributed by atoms with Crippen LogP contribution in [0.25, 0.3) is 0 Å². The third-order valence-electron chi connectivity index (χ3n) is 2.01. The summed E-state index contributed by atoms with van der Waals surface area (Å²) in [7, 11) is 0. The quantitative estimate of drug-likeness (QED) is 0.878. The highest BCUT2D eigenvalue weighted by atomic mass is 127. The maximum Gasteiger partial charge on any atom is 0.244 e. The van der Waals surface area contributed by atoms with E-state index in [1.165, 1.54) is 0 Å². The van der Waals surface area contributed by atoms with Gasteiger partial charge in [-0.2, -0.15) is 0 Å². The molecular formula is C11H10IN3O. The number of anilines is 1. The van der Waals surface area contributed by atoms with Crippen LogP contribution in [0.1, 0.15) is 0 Å². The first kappa shape index (κ1) is 11.1. The molecule has 1 aromatic heterocycles. The molecular weight excluding hydrogens is 317 g/mol. The van der Waals surface area contributed by atoms with Crippen LogP contribution < -0.4 is 5.32 Å². The minimum Gasteiger partial charge on any atom is -0.328 e. The highest BCUT2D eigenvalue weighted by Gasteiger charge is 2.02. The fourth-order valence-corrected chi connectivity index (χ4v) is 1.64. The molecule has 0 aliphatic rings. The zero-order valence-electron chi connectivity index (χ0n) is 8.43. The van der Waals surface area contributed by atoms with E-state index in [0.29, 0.717) is 0 Å². The summed E-state index contributed by atoms with van der Waals surface area (Å²) in [4.78, 5) is 15.5. The van der Waals surface area contributed by atoms with Crippen LogP contribution in [-0.2, 0) is 11.3 Å². The van der Waals surface area contributed by atoms with Crippen LogP contribution in [0.3, 0.4) is 0 Å². The largest absolute Gasteiger partial charge is 0.328 e. The Bertz CT molecular complexity index is 464. The smallest absolute Gasteiger partial charge is 0.244 e. The fourth-order valence-electron chi connectivity index (χ4n) is 1.28. The fraction of sp³-hybridized carbons (Fsp3) is 0.0909. The van der Waals surface area contributed by atoms with Crippen LogP contribution in [0.15, 0.2) is 43.0 Å². The van der Waals surface area contributed by atoms with Crippen LogP contribution in [0.2, 0.25) is 0 Å². The number of hydrogen-bond donors (Lipinski definition) is 1. The second-order valence-corrected chi connectivity index (χ2v) is 4.54. The molecule has 16 heavy (non-hydrogen) atoms. The molecule has 2 rings (SSSR count). The van der Waals surface area contributed by atoms with Gasteiger partial charge in [0.2, 0.25) is 5.91 Å². The summed E-state index contributed by atoms with van der Waals surface area (Å²) >= 11 is 2.22. The molecule has 1 amide bonds. The van der Waals surface area contributed by atoms with E-state index in [1.54, 1.807) is 23.3 Å². The topological polar surface area (TPSA) is 46.9 Å². The summed E-state index contributed by atoms with van der Waals surface area (Å²) in [6.07, 6.45) is 5.03. The third-order valence-corrected chi connectivity index (χ3v) is 2.73. The summed E-state index contributed by atoms with van der Waals surface area (Å²) in [5.41, 5.74) is 0.811. The van der Waals surface area contributed by atoms with Crippen LogP contribution in [0.5, 0.6) is 0 Å². The summed E-state index contributed by atoms with van der Waals surface area (Å²) in [6, 6.07) is 7.67. The molecule has 0 bridgehead atoms. The number of imidazole rings is 1. The highest BCUT2D eigenvalue weighted by Crippen LogP contribution is 2.10. The number of halogens is 1. The van der Waals surface area contributed by atoms with Crippen LogP contribution >= 0.6 is 22.6 Å². The molecule has 0 saturated carbocycles. The third kappa shape index (κ3) is 3.06. The van der Waals surface area contributed by atoms with E-state index in [1.807, 2.05) is 24.3 Å². The predicted molar refractivity (Wildman–Crippen MR) is 70.0 cm³/mol. The van der Waals surface area contributed by atoms with Gasteiger partial charge in [0.15, 0.2) is 0 Å². The average Bonchev–Trinajstić information content (AvgIpc) is 2.74. The van der Waals surface area contributed by atoms with Crippen molar-refractivity contribution >= 4 is 34.2 Å². The number of hydrogen-bond acceptors (Lipinski definition) is 2. The number of nitrogens with one attached hydrogen (secondary N) is 1. The van der Waals surface area contributed by atoms with Gasteiger partial charge < -0.3 is 9.88 Å². The Labute approximate surface area is 107 Å². The second-order valence-electron chi connectivity index (χ2n) is 3.29. The van der Waals surface area contributed by atoms with Crippen molar-refractivity contribution in [1.29, 1.82) is 0 Å². The molecule has 0 saturated heterocycles. The lowest BCUT2D eigenvalue weighted by Gasteiger charge is -2.05. The monoisotopic (exact) mass is 327 g/mol. The van der Waals surface area contributed by atoms with E-state index in [2.05, 4.69) is 32.9 Å². The van der Waals surface area contributed by atoms with Crippen LogP contribution in [0, 0.1) is 3.57 Å². The van der Waals surface area contributed by atoms with Gasteiger partial charge in [-0.25, -0.2) is 4.98 Å². The van der Waals surface area contributed by atoms with Gasteiger partial charge in [0, 0.05) is 21.7 Å². The Morgan fingerprint density at radius 3 is 2.75 bits per heavy atom. The minimum atomic E-state index is -0.0563. The maximum atomic E-state index is 11.6. The molecule has 0 atom stereocenters. The van der Waals surface area contributed by atoms with Crippen molar-refractivity contribution in [3.63, 3.8) is 0 Å². The maximum absolute atomic E-state index is 11.6. The number of amides is 1. The molecule has 4 nitrogen and oxygen atoms in total. The molecule has 2 aromatic rings. The summed E-state index contributed by atoms with van der Waals surface area (Å²) in [6.45, 7) is 0.284. The van der Waals surface area contributed by atoms with Crippen LogP contribution in [-0.4, -0.2) is 15.5 Å². The van der Waals surface area contributed by atoms with Crippen molar-refractivity contribution in [3.05, 3.63) is 46.6 Å². The van der Waals surface area contributed by atoms with Gasteiger partial charge >= 0.3 is 0 Å². The van der Waals surface area contributed by atoms with Gasteiger partial charge in [0.1, 0.15) is 6.54 Å². The standard InChI is InChI=1S/C11H10IN3O/c12-9-1-3-10(4-2-9)14-11(16)7-15-6-5-13-8-15/h1-6,8H,7H2,(H,14,16). The zero-order chi connectivity index (χ0) is 11.4. The Morgan fingerprint density at radius 2 is 2.12 bits per heavy atom. The van der Waals surface area contributed by atoms with E-state index in [0.717, 1.165) is 9.26 Å². The molecule has 0 spiro atoms. The Kier molecular flexibility index (Phi) is 3.55. The number of carbonyl (C=O) groups is 1. The molecule has 0 fully saturated rings. The molecule has 0 aliphatic heterocycles. The summed E-state index contributed by atoms with van der Waals surface area (Å²) in [5.74, 6) is -0.0563. The van der Waals surface area contributed by atoms with E-state index < -0.39 is 0 Å². The number of nitrogens with zero attached hydrogens (tertiary/aromatic N) is 2. The number of benzene rings is 1. The summed E-state index contributed by atoms with van der Waals surface area (Å²) < 4.78 is 2.87. The molecule has 1 aromatic carbocycles. The molecule has 1 heterocycles. The number of aromatic nitrogens is 2. The minimum absolute atomic E-state index is 0.0563. The Morgan fingerprint density at radius 1 is 1.38 bits per heavy atom. The summed E-state index contributed by atoms with van der Waals surface area (Å²) in [5, 5.41) is 2.82. The Hall–Kier alpha value is -1.37. The van der Waals surface area contributed by atoms with E-state index >= 15 is 0 Å². The molecule has 5 heteroatoms. The van der Waals surface area contributed by atoms with Crippen LogP contribution in [0.4, 0.5) is 5.69 Å². The first-order valence-corrected chi connectivity index (χ1v) is 5.83. The zero-order valence-corrected chi connectivity index (χ0v) is 10.6. The highest BCUT2D eigenvalue weighted by molar-refractivity contribution is 14.1. The SMILES string of the molecule is O=C(Cn1ccnc1)Nc1ccc(I)cc1. The van der Waals surface area contributed by atoms with Gasteiger partial charge in [-0.05, 0) is 46.9 Å². The van der Waals surface area contributed by atoms with E-state index in [9.17, 15) is 4.79 Å². The molecule has 0 aliphatic carbocycles. The lowest BCUT2D eigenvalue weighted by molar-refractivity contribution is -0.116. The number of rotatable bonds is 3. The van der Waals surface area contributed by atoms with E-state index in [4.69, 9.17) is 0 Å². The molecule has 1 N–H and O–H groups in total. The van der Waals surface area contributed by atoms with Gasteiger partial charge in [0.25, 0.3) is 0 Å². The first-order chi connectivity index (χ1) is 7.74. The van der Waals surface area contributed by atoms with Crippen molar-refractivity contribution < 1.29 is 4.79 Å². The first-order valence-electron chi connectivity index (χ1n) is 4.75. The molecule has 0 unspecified atom stereocenters. The molecule has 82 valence electrons. The lowest BCUT2D eigenvalue weighted by atomic mass is 10.3. The van der Waals surface area contributed by atoms with Crippen molar-refractivity contribution in [3.8, 4) is 0 Å². The average molecular weight is 327 g/mol. The van der Waals surface area contributed by atoms with Crippen molar-refractivity contribution in [1.82, 2.24) is 9.55 Å². The van der Waals surface area contributed by atoms with Crippen molar-refractivity contribution in [2.45, 2.75) is 6.54 Å². The lowest BCUT2D eigenvalue weighted by Crippen LogP contribution is -2.17. The molecule has 0 radical (unpaired) electrons. The second kappa shape index (κ2) is 5.11. The Balaban J connectivity index is 1.95. The van der Waals surface area contributed by atoms with Gasteiger partial charge in [0.05, 0.1) is 6.33 Å².